The Kier molecular flexibility index (Phi) is 19.3. The molecule has 0 aromatic heterocycles. The van der Waals surface area contributed by atoms with E-state index in [0.29, 0.717) is 6.42 Å². The molecule has 0 heterocycles. The molecule has 0 aromatic rings. The van der Waals surface area contributed by atoms with E-state index >= 15 is 0 Å². The highest BCUT2D eigenvalue weighted by Crippen LogP contribution is 1.83. The van der Waals surface area contributed by atoms with Crippen molar-refractivity contribution < 1.29 is 9.84 Å². The van der Waals surface area contributed by atoms with Crippen LogP contribution in [-0.4, -0.2) is 25.4 Å². The second-order valence-corrected chi connectivity index (χ2v) is 2.33. The molecule has 0 saturated heterocycles. The van der Waals surface area contributed by atoms with Crippen LogP contribution in [0, 0.1) is 24.7 Å². The highest BCUT2D eigenvalue weighted by molar-refractivity contribution is 4.82. The highest BCUT2D eigenvalue weighted by Gasteiger charge is 1.77. The van der Waals surface area contributed by atoms with E-state index in [0.717, 1.165) is 25.9 Å². The molecule has 13 heavy (non-hydrogen) atoms. The van der Waals surface area contributed by atoms with Crippen LogP contribution in [0.25, 0.3) is 0 Å². The van der Waals surface area contributed by atoms with E-state index in [1.807, 2.05) is 0 Å². The minimum atomic E-state index is 0.212. The molecule has 0 aromatic carbocycles. The van der Waals surface area contributed by atoms with Gasteiger partial charge in [0.2, 0.25) is 0 Å². The Morgan fingerprint density at radius 3 is 2.00 bits per heavy atom. The third kappa shape index (κ3) is 24.7. The van der Waals surface area contributed by atoms with Crippen molar-refractivity contribution in [2.45, 2.75) is 25.7 Å². The van der Waals surface area contributed by atoms with Crippen molar-refractivity contribution in [3.63, 3.8) is 0 Å². The monoisotopic (exact) mass is 182 g/mol. The molecular formula is C11H18O2. The van der Waals surface area contributed by atoms with Gasteiger partial charge >= 0.3 is 0 Å². The summed E-state index contributed by atoms with van der Waals surface area (Å²) < 4.78 is 4.75. The van der Waals surface area contributed by atoms with Gasteiger partial charge in [0, 0.05) is 33.2 Å². The largest absolute Gasteiger partial charge is 0.396 e. The molecule has 0 spiro atoms. The predicted molar refractivity (Wildman–Crippen MR) is 55.1 cm³/mol. The Hall–Kier alpha value is -0.960. The summed E-state index contributed by atoms with van der Waals surface area (Å²) in [6.45, 7) is 0.994. The van der Waals surface area contributed by atoms with Gasteiger partial charge in [0.1, 0.15) is 0 Å². The van der Waals surface area contributed by atoms with E-state index in [4.69, 9.17) is 22.7 Å². The molecule has 0 bridgehead atoms. The average molecular weight is 182 g/mol. The molecule has 0 radical (unpaired) electrons. The van der Waals surface area contributed by atoms with Crippen LogP contribution in [-0.2, 0) is 4.74 Å². The molecule has 0 aliphatic heterocycles. The molecule has 2 heteroatoms. The lowest BCUT2D eigenvalue weighted by atomic mass is 10.3. The van der Waals surface area contributed by atoms with Gasteiger partial charge in [0.25, 0.3) is 0 Å². The number of ether oxygens (including phenoxy) is 1. The Labute approximate surface area is 81.3 Å². The molecular weight excluding hydrogens is 164 g/mol. The fourth-order valence-corrected chi connectivity index (χ4v) is 0.500. The fraction of sp³-hybridized carbons (Fsp3) is 0.636. The number of aliphatic hydroxyl groups is 1. The Morgan fingerprint density at radius 2 is 1.69 bits per heavy atom. The van der Waals surface area contributed by atoms with Crippen LogP contribution in [0.3, 0.4) is 0 Å². The topological polar surface area (TPSA) is 29.5 Å². The highest BCUT2D eigenvalue weighted by atomic mass is 16.5. The van der Waals surface area contributed by atoms with Gasteiger partial charge < -0.3 is 9.84 Å². The summed E-state index contributed by atoms with van der Waals surface area (Å²) >= 11 is 0. The van der Waals surface area contributed by atoms with Crippen LogP contribution in [0.1, 0.15) is 25.7 Å². The SMILES string of the molecule is C#CCCCO.C#CCCCOC. The Morgan fingerprint density at radius 1 is 1.15 bits per heavy atom. The van der Waals surface area contributed by atoms with Crippen molar-refractivity contribution in [1.29, 1.82) is 0 Å². The van der Waals surface area contributed by atoms with Crippen LogP contribution in [0.4, 0.5) is 0 Å². The lowest BCUT2D eigenvalue weighted by Gasteiger charge is -1.89. The van der Waals surface area contributed by atoms with Gasteiger partial charge in [-0.3, -0.25) is 0 Å². The molecule has 2 nitrogen and oxygen atoms in total. The van der Waals surface area contributed by atoms with Gasteiger partial charge in [0.05, 0.1) is 0 Å². The van der Waals surface area contributed by atoms with Crippen LogP contribution >= 0.6 is 0 Å². The van der Waals surface area contributed by atoms with Gasteiger partial charge in [-0.05, 0) is 12.8 Å². The summed E-state index contributed by atoms with van der Waals surface area (Å²) in [7, 11) is 1.68. The third-order valence-corrected chi connectivity index (χ3v) is 1.15. The number of rotatable bonds is 5. The quantitative estimate of drug-likeness (QED) is 0.515. The Bertz CT molecular complexity index is 150. The van der Waals surface area contributed by atoms with Crippen molar-refractivity contribution in [3.8, 4) is 24.7 Å². The van der Waals surface area contributed by atoms with Crippen LogP contribution in [0.5, 0.6) is 0 Å². The van der Waals surface area contributed by atoms with Gasteiger partial charge in [-0.15, -0.1) is 24.7 Å². The van der Waals surface area contributed by atoms with E-state index < -0.39 is 0 Å². The lowest BCUT2D eigenvalue weighted by Crippen LogP contribution is -1.85. The van der Waals surface area contributed by atoms with Gasteiger partial charge in [-0.1, -0.05) is 0 Å². The normalized spacial score (nSPS) is 7.69. The van der Waals surface area contributed by atoms with Crippen LogP contribution in [0.15, 0.2) is 0 Å². The zero-order valence-corrected chi connectivity index (χ0v) is 8.25. The first-order valence-electron chi connectivity index (χ1n) is 4.30. The molecule has 0 unspecified atom stereocenters. The number of unbranched alkanes of at least 4 members (excludes halogenated alkanes) is 2. The summed E-state index contributed by atoms with van der Waals surface area (Å²) in [6, 6.07) is 0. The number of methoxy groups -OCH3 is 1. The first-order valence-corrected chi connectivity index (χ1v) is 4.30. The maximum atomic E-state index is 8.10. The van der Waals surface area contributed by atoms with E-state index in [2.05, 4.69) is 11.8 Å². The number of terminal acetylenes is 2. The van der Waals surface area contributed by atoms with Crippen molar-refractivity contribution >= 4 is 0 Å². The standard InChI is InChI=1S/C6H10O.C5H8O/c1-3-4-5-6-7-2;1-2-3-4-5-6/h1H,4-6H2,2H3;1,6H,3-5H2. The summed E-state index contributed by atoms with van der Waals surface area (Å²) in [5.74, 6) is 4.93. The lowest BCUT2D eigenvalue weighted by molar-refractivity contribution is 0.196. The molecule has 0 atom stereocenters. The summed E-state index contributed by atoms with van der Waals surface area (Å²) in [5, 5.41) is 8.10. The van der Waals surface area contributed by atoms with E-state index in [-0.39, 0.29) is 6.61 Å². The number of aliphatic hydroxyl groups excluding tert-OH is 1. The van der Waals surface area contributed by atoms with Crippen molar-refractivity contribution in [2.75, 3.05) is 20.3 Å². The van der Waals surface area contributed by atoms with Crippen molar-refractivity contribution in [2.24, 2.45) is 0 Å². The fourth-order valence-electron chi connectivity index (χ4n) is 0.500. The predicted octanol–water partition coefficient (Wildman–Crippen LogP) is 1.44. The molecule has 1 N–H and O–H groups in total. The zero-order chi connectivity index (χ0) is 10.4. The maximum Gasteiger partial charge on any atom is 0.0471 e. The second-order valence-electron chi connectivity index (χ2n) is 2.33. The third-order valence-electron chi connectivity index (χ3n) is 1.15. The summed E-state index contributed by atoms with van der Waals surface area (Å²) in [4.78, 5) is 0. The minimum Gasteiger partial charge on any atom is -0.396 e. The Balaban J connectivity index is 0. The number of hydrogen-bond acceptors (Lipinski definition) is 2. The first-order chi connectivity index (χ1) is 6.33. The average Bonchev–Trinajstić information content (AvgIpc) is 2.17. The molecule has 0 rings (SSSR count). The van der Waals surface area contributed by atoms with E-state index in [1.165, 1.54) is 0 Å². The smallest absolute Gasteiger partial charge is 0.0471 e. The first kappa shape index (κ1) is 14.6. The van der Waals surface area contributed by atoms with Gasteiger partial charge in [-0.2, -0.15) is 0 Å². The van der Waals surface area contributed by atoms with Crippen LogP contribution in [0.2, 0.25) is 0 Å². The van der Waals surface area contributed by atoms with Crippen molar-refractivity contribution in [3.05, 3.63) is 0 Å². The zero-order valence-electron chi connectivity index (χ0n) is 8.25. The minimum absolute atomic E-state index is 0.212. The van der Waals surface area contributed by atoms with E-state index in [9.17, 15) is 0 Å². The summed E-state index contributed by atoms with van der Waals surface area (Å²) in [6.07, 6.45) is 13.0. The number of hydrogen-bond donors (Lipinski definition) is 1. The molecule has 0 saturated carbocycles. The van der Waals surface area contributed by atoms with Gasteiger partial charge in [-0.25, -0.2) is 0 Å². The molecule has 74 valence electrons. The summed E-state index contributed by atoms with van der Waals surface area (Å²) in [5.41, 5.74) is 0. The van der Waals surface area contributed by atoms with Crippen molar-refractivity contribution in [1.82, 2.24) is 0 Å². The van der Waals surface area contributed by atoms with Gasteiger partial charge in [0.15, 0.2) is 0 Å². The molecule has 0 aliphatic carbocycles. The van der Waals surface area contributed by atoms with E-state index in [1.54, 1.807) is 7.11 Å². The maximum absolute atomic E-state index is 8.10. The second kappa shape index (κ2) is 17.2. The van der Waals surface area contributed by atoms with Crippen LogP contribution < -0.4 is 0 Å². The molecule has 0 aliphatic rings. The molecule has 0 amide bonds. The molecule has 0 fully saturated rings.